The fourth-order valence-corrected chi connectivity index (χ4v) is 3.76. The molecule has 2 aromatic heterocycles. The van der Waals surface area contributed by atoms with Crippen molar-refractivity contribution in [1.29, 1.82) is 5.26 Å². The summed E-state index contributed by atoms with van der Waals surface area (Å²) in [5, 5.41) is 22.6. The lowest BCUT2D eigenvalue weighted by Crippen LogP contribution is -2.17. The van der Waals surface area contributed by atoms with Crippen molar-refractivity contribution < 1.29 is 14.6 Å². The molecular formula is C17H15N5O3S. The number of nitriles is 1. The van der Waals surface area contributed by atoms with Gasteiger partial charge in [0.15, 0.2) is 11.5 Å². The molecule has 9 heteroatoms. The Balaban J connectivity index is 2.42. The minimum Gasteiger partial charge on any atom is -0.504 e. The number of aromatic hydroxyl groups is 1. The van der Waals surface area contributed by atoms with Crippen molar-refractivity contribution in [1.82, 2.24) is 10.3 Å². The Hall–Kier alpha value is -3.51. The zero-order valence-corrected chi connectivity index (χ0v) is 14.8. The maximum atomic E-state index is 12.1. The number of phenols is 1. The average molecular weight is 369 g/mol. The topological polar surface area (TPSA) is 147 Å². The number of thiophene rings is 1. The molecular weight excluding hydrogens is 354 g/mol. The van der Waals surface area contributed by atoms with Crippen LogP contribution in [0.4, 0.5) is 11.5 Å². The molecule has 1 aromatic carbocycles. The van der Waals surface area contributed by atoms with E-state index >= 15 is 0 Å². The number of anilines is 2. The molecule has 2 heterocycles. The largest absolute Gasteiger partial charge is 0.504 e. The van der Waals surface area contributed by atoms with Gasteiger partial charge in [0.1, 0.15) is 27.2 Å². The van der Waals surface area contributed by atoms with E-state index in [1.165, 1.54) is 20.2 Å². The highest BCUT2D eigenvalue weighted by Crippen LogP contribution is 2.44. The number of hydrogen-bond acceptors (Lipinski definition) is 8. The number of phenolic OH excluding ortho intramolecular Hbond substituents is 1. The van der Waals surface area contributed by atoms with Crippen molar-refractivity contribution in [2.75, 3.05) is 25.6 Å². The van der Waals surface area contributed by atoms with Gasteiger partial charge < -0.3 is 26.6 Å². The van der Waals surface area contributed by atoms with Gasteiger partial charge in [-0.2, -0.15) is 5.26 Å². The summed E-state index contributed by atoms with van der Waals surface area (Å²) in [6.45, 7) is 0. The number of carbonyl (C=O) groups excluding carboxylic acids is 1. The predicted octanol–water partition coefficient (Wildman–Crippen LogP) is 2.07. The van der Waals surface area contributed by atoms with Gasteiger partial charge in [0.25, 0.3) is 5.91 Å². The van der Waals surface area contributed by atoms with Crippen LogP contribution in [0.5, 0.6) is 11.5 Å². The van der Waals surface area contributed by atoms with E-state index in [-0.39, 0.29) is 39.4 Å². The van der Waals surface area contributed by atoms with Gasteiger partial charge in [-0.3, -0.25) is 4.79 Å². The van der Waals surface area contributed by atoms with E-state index in [1.807, 2.05) is 6.07 Å². The van der Waals surface area contributed by atoms with Gasteiger partial charge in [-0.15, -0.1) is 11.3 Å². The van der Waals surface area contributed by atoms with Crippen molar-refractivity contribution >= 4 is 39.0 Å². The van der Waals surface area contributed by atoms with E-state index < -0.39 is 0 Å². The number of nitrogens with one attached hydrogen (secondary N) is 1. The third kappa shape index (κ3) is 2.53. The molecule has 6 N–H and O–H groups in total. The second kappa shape index (κ2) is 6.42. The van der Waals surface area contributed by atoms with Crippen molar-refractivity contribution in [3.8, 4) is 28.7 Å². The molecule has 0 aliphatic heterocycles. The summed E-state index contributed by atoms with van der Waals surface area (Å²) in [4.78, 5) is 17.0. The Morgan fingerprint density at radius 3 is 2.73 bits per heavy atom. The zero-order valence-electron chi connectivity index (χ0n) is 14.0. The molecule has 8 nitrogen and oxygen atoms in total. The van der Waals surface area contributed by atoms with Crippen LogP contribution in [-0.4, -0.2) is 30.2 Å². The Bertz CT molecular complexity index is 1080. The van der Waals surface area contributed by atoms with E-state index in [0.29, 0.717) is 21.3 Å². The first kappa shape index (κ1) is 17.3. The smallest absolute Gasteiger partial charge is 0.263 e. The molecule has 3 rings (SSSR count). The SMILES string of the molecule is CNC(=O)c1sc2nc(N)c(C#N)c(-c3ccc(OC)c(O)c3)c2c1N. The highest BCUT2D eigenvalue weighted by Gasteiger charge is 2.24. The number of nitrogens with two attached hydrogens (primary N) is 2. The number of hydrogen-bond donors (Lipinski definition) is 4. The standard InChI is InChI=1S/C17H15N5O3S/c1-21-16(24)14-13(19)12-11(7-3-4-10(25-2)9(23)5-7)8(6-18)15(20)22-17(12)26-14/h3-5,23H,19H2,1-2H3,(H2,20,22)(H,21,24). The van der Waals surface area contributed by atoms with Gasteiger partial charge >= 0.3 is 0 Å². The lowest BCUT2D eigenvalue weighted by atomic mass is 9.97. The minimum atomic E-state index is -0.355. The Kier molecular flexibility index (Phi) is 4.28. The maximum absolute atomic E-state index is 12.1. The molecule has 0 saturated heterocycles. The first-order valence-corrected chi connectivity index (χ1v) is 8.25. The van der Waals surface area contributed by atoms with Crippen LogP contribution in [0.25, 0.3) is 21.3 Å². The number of carbonyl (C=O) groups is 1. The van der Waals surface area contributed by atoms with Gasteiger partial charge in [-0.05, 0) is 17.7 Å². The van der Waals surface area contributed by atoms with Crippen LogP contribution in [0.15, 0.2) is 18.2 Å². The van der Waals surface area contributed by atoms with Crippen LogP contribution in [-0.2, 0) is 0 Å². The van der Waals surface area contributed by atoms with Crippen LogP contribution in [0.3, 0.4) is 0 Å². The third-order valence-corrected chi connectivity index (χ3v) is 5.02. The van der Waals surface area contributed by atoms with Crippen LogP contribution < -0.4 is 21.5 Å². The highest BCUT2D eigenvalue weighted by molar-refractivity contribution is 7.21. The van der Waals surface area contributed by atoms with Crippen LogP contribution >= 0.6 is 11.3 Å². The molecule has 0 saturated carbocycles. The van der Waals surface area contributed by atoms with E-state index in [4.69, 9.17) is 16.2 Å². The van der Waals surface area contributed by atoms with Gasteiger partial charge in [-0.25, -0.2) is 4.98 Å². The number of nitrogen functional groups attached to an aromatic ring is 2. The Labute approximate surface area is 152 Å². The number of fused-ring (bicyclic) bond motifs is 1. The van der Waals surface area contributed by atoms with Crippen molar-refractivity contribution in [3.63, 3.8) is 0 Å². The molecule has 0 unspecified atom stereocenters. The second-order valence-corrected chi connectivity index (χ2v) is 6.35. The zero-order chi connectivity index (χ0) is 19.0. The first-order chi connectivity index (χ1) is 12.4. The summed E-state index contributed by atoms with van der Waals surface area (Å²) >= 11 is 1.09. The molecule has 0 aliphatic carbocycles. The minimum absolute atomic E-state index is 0.0232. The summed E-state index contributed by atoms with van der Waals surface area (Å²) < 4.78 is 5.05. The molecule has 0 atom stereocenters. The molecule has 3 aromatic rings. The number of ether oxygens (including phenoxy) is 1. The van der Waals surface area contributed by atoms with E-state index in [2.05, 4.69) is 10.3 Å². The number of amides is 1. The van der Waals surface area contributed by atoms with Crippen molar-refractivity contribution in [2.24, 2.45) is 0 Å². The normalized spacial score (nSPS) is 10.5. The second-order valence-electron chi connectivity index (χ2n) is 5.35. The van der Waals surface area contributed by atoms with Crippen LogP contribution in [0, 0.1) is 11.3 Å². The summed E-state index contributed by atoms with van der Waals surface area (Å²) in [6, 6.07) is 6.72. The Morgan fingerprint density at radius 1 is 1.42 bits per heavy atom. The van der Waals surface area contributed by atoms with Crippen LogP contribution in [0.2, 0.25) is 0 Å². The lowest BCUT2D eigenvalue weighted by molar-refractivity contribution is 0.0968. The molecule has 0 fully saturated rings. The molecule has 26 heavy (non-hydrogen) atoms. The van der Waals surface area contributed by atoms with Gasteiger partial charge in [0, 0.05) is 18.0 Å². The molecule has 0 aliphatic rings. The average Bonchev–Trinajstić information content (AvgIpc) is 2.95. The van der Waals surface area contributed by atoms with Gasteiger partial charge in [0.05, 0.1) is 12.8 Å². The predicted molar refractivity (Wildman–Crippen MR) is 100 cm³/mol. The Morgan fingerprint density at radius 2 is 2.15 bits per heavy atom. The molecule has 1 amide bonds. The number of aromatic nitrogens is 1. The fraction of sp³-hybridized carbons (Fsp3) is 0.118. The summed E-state index contributed by atoms with van der Waals surface area (Å²) in [5.74, 6) is -0.145. The lowest BCUT2D eigenvalue weighted by Gasteiger charge is -2.11. The summed E-state index contributed by atoms with van der Waals surface area (Å²) in [6.07, 6.45) is 0. The number of benzene rings is 1. The third-order valence-electron chi connectivity index (χ3n) is 3.92. The number of rotatable bonds is 3. The first-order valence-electron chi connectivity index (χ1n) is 7.43. The van der Waals surface area contributed by atoms with E-state index in [1.54, 1.807) is 12.1 Å². The monoisotopic (exact) mass is 369 g/mol. The number of pyridine rings is 1. The van der Waals surface area contributed by atoms with Crippen LogP contribution in [0.1, 0.15) is 15.2 Å². The molecule has 0 spiro atoms. The van der Waals surface area contributed by atoms with Gasteiger partial charge in [-0.1, -0.05) is 6.07 Å². The molecule has 132 valence electrons. The number of nitrogens with zero attached hydrogens (tertiary/aromatic N) is 2. The maximum Gasteiger partial charge on any atom is 0.263 e. The van der Waals surface area contributed by atoms with Crippen molar-refractivity contribution in [2.45, 2.75) is 0 Å². The fourth-order valence-electron chi connectivity index (χ4n) is 2.70. The quantitative estimate of drug-likeness (QED) is 0.552. The summed E-state index contributed by atoms with van der Waals surface area (Å²) in [5.41, 5.74) is 13.4. The van der Waals surface area contributed by atoms with E-state index in [0.717, 1.165) is 11.3 Å². The summed E-state index contributed by atoms with van der Waals surface area (Å²) in [7, 11) is 2.93. The van der Waals surface area contributed by atoms with Gasteiger partial charge in [0.2, 0.25) is 0 Å². The van der Waals surface area contributed by atoms with Crippen molar-refractivity contribution in [3.05, 3.63) is 28.6 Å². The highest BCUT2D eigenvalue weighted by atomic mass is 32.1. The molecule has 0 bridgehead atoms. The molecule has 0 radical (unpaired) electrons. The van der Waals surface area contributed by atoms with E-state index in [9.17, 15) is 15.2 Å². The number of methoxy groups -OCH3 is 1.